The summed E-state index contributed by atoms with van der Waals surface area (Å²) in [5, 5.41) is 16.7. The van der Waals surface area contributed by atoms with Crippen molar-refractivity contribution in [1.29, 1.82) is 0 Å². The molecule has 5 aliphatic carbocycles. The number of ether oxygens (including phenoxy) is 3. The first-order valence-electron chi connectivity index (χ1n) is 37.8. The number of ketones is 8. The number of anilines is 1. The molecule has 2 N–H and O–H groups in total. The minimum Gasteiger partial charge on any atom is -0.481 e. The smallest absolute Gasteiger partial charge is 0.328 e. The topological polar surface area (TPSA) is 262 Å². The number of fused-ring (bicyclic) bond motifs is 6. The van der Waals surface area contributed by atoms with Gasteiger partial charge in [0.1, 0.15) is 12.0 Å². The number of carbonyl (C=O) groups excluding carboxylic acids is 9. The summed E-state index contributed by atoms with van der Waals surface area (Å²) in [6.07, 6.45) is 6.55. The Morgan fingerprint density at radius 1 is 0.504 bits per heavy atom. The minimum absolute atomic E-state index is 0. The first kappa shape index (κ1) is 109. The van der Waals surface area contributed by atoms with Gasteiger partial charge in [0.05, 0.1) is 52.2 Å². The van der Waals surface area contributed by atoms with Crippen LogP contribution in [-0.4, -0.2) is 121 Å². The Morgan fingerprint density at radius 2 is 1.00 bits per heavy atom. The number of aliphatic carboxylic acids is 2. The van der Waals surface area contributed by atoms with Gasteiger partial charge in [0, 0.05) is 150 Å². The van der Waals surface area contributed by atoms with E-state index in [2.05, 4.69) is 126 Å². The highest BCUT2D eigenvalue weighted by atomic mass is 79.9. The molecule has 673 valence electrons. The molecular weight excluding hydrogens is 2140 g/mol. The third kappa shape index (κ3) is 23.8. The SMILES string of the molecule is C.C.C.C.C.Cc1cc2c(s1)C(=O)C1(OC1c1ccc(Br)c(Br)c1)C2=O.Cc1cc2c(s1)C(=O)C1(O[C@@H](c3ccc(Br)c(Br)c3)C3C(=O)C(c4ccc(N5CCOCC5)cc4)C(=O)[C@H]31)C2=O.Cc1cc2c(s1)CC(Cc1ccc(Br)c(Br)c1)C2=O.Cc1cc2c(s1)CCC2=O.Cc1ccc(/C=C/C(=O)O)s1.Cc1ccc(C=O)s1.Cc1ccc(CCC(=O)O)s1.F.[2HH].[B]. The molecule has 0 amide bonds. The molecule has 11 aromatic rings. The average Bonchev–Trinajstić information content (AvgIpc) is 1.51. The van der Waals surface area contributed by atoms with E-state index in [-0.39, 0.29) is 86.9 Å². The van der Waals surface area contributed by atoms with Gasteiger partial charge in [0.15, 0.2) is 29.4 Å². The van der Waals surface area contributed by atoms with Gasteiger partial charge in [-0.25, -0.2) is 4.79 Å². The van der Waals surface area contributed by atoms with Crippen molar-refractivity contribution in [2.45, 2.75) is 153 Å². The molecule has 6 unspecified atom stereocenters. The van der Waals surface area contributed by atoms with Crippen LogP contribution in [0.4, 0.5) is 10.4 Å². The predicted octanol–water partition coefficient (Wildman–Crippen LogP) is 26.6. The van der Waals surface area contributed by atoms with Crippen molar-refractivity contribution in [3.8, 4) is 0 Å². The highest BCUT2D eigenvalue weighted by Gasteiger charge is 2.75. The fraction of sp³-hybridized carbons (Fsp3) is 0.316. The zero-order valence-corrected chi connectivity index (χ0v) is 81.4. The van der Waals surface area contributed by atoms with Crippen molar-refractivity contribution in [2.75, 3.05) is 31.2 Å². The van der Waals surface area contributed by atoms with Crippen molar-refractivity contribution in [1.82, 2.24) is 0 Å². The van der Waals surface area contributed by atoms with Gasteiger partial charge in [0.2, 0.25) is 34.3 Å². The van der Waals surface area contributed by atoms with Crippen molar-refractivity contribution in [3.63, 3.8) is 0 Å². The predicted molar refractivity (Wildman–Crippen MR) is 538 cm³/mol. The monoisotopic (exact) mass is 2240 g/mol. The highest BCUT2D eigenvalue weighted by molar-refractivity contribution is 9.13. The summed E-state index contributed by atoms with van der Waals surface area (Å²) in [6, 6.07) is 43.8. The minimum atomic E-state index is -2.03. The van der Waals surface area contributed by atoms with E-state index in [9.17, 15) is 52.7 Å². The zero-order valence-electron chi connectivity index (χ0n) is 66.2. The molecule has 4 aromatic carbocycles. The maximum atomic E-state index is 14.2. The molecule has 3 saturated heterocycles. The number of rotatable bonds is 12. The molecule has 3 radical (unpaired) electrons. The van der Waals surface area contributed by atoms with Gasteiger partial charge in [-0.3, -0.25) is 52.6 Å². The molecule has 7 aromatic heterocycles. The molecule has 2 spiro atoms. The molecule has 17 nitrogen and oxygen atoms in total. The number of aryl methyl sites for hydroxylation is 9. The summed E-state index contributed by atoms with van der Waals surface area (Å²) in [5.74, 6) is -6.26. The number of epoxide rings is 1. The number of carbonyl (C=O) groups is 11. The fourth-order valence-corrected chi connectivity index (χ4v) is 24.0. The van der Waals surface area contributed by atoms with Crippen molar-refractivity contribution in [2.24, 2.45) is 17.8 Å². The third-order valence-electron chi connectivity index (χ3n) is 21.0. The Hall–Kier alpha value is -6.96. The summed E-state index contributed by atoms with van der Waals surface area (Å²) in [6.45, 7) is 16.7. The maximum absolute atomic E-state index is 14.2. The number of carboxylic acids is 2. The van der Waals surface area contributed by atoms with Crippen LogP contribution >= 0.6 is 175 Å². The van der Waals surface area contributed by atoms with E-state index >= 15 is 0 Å². The van der Waals surface area contributed by atoms with Gasteiger partial charge in [-0.15, -0.1) is 79.4 Å². The molecule has 32 heteroatoms. The molecule has 8 atom stereocenters. The van der Waals surface area contributed by atoms with Crippen molar-refractivity contribution < 1.29 is 83.3 Å². The lowest BCUT2D eigenvalue weighted by Crippen LogP contribution is -2.49. The van der Waals surface area contributed by atoms with Crippen LogP contribution in [-0.2, 0) is 59.1 Å². The van der Waals surface area contributed by atoms with Crippen molar-refractivity contribution in [3.05, 3.63) is 285 Å². The van der Waals surface area contributed by atoms with Crippen LogP contribution < -0.4 is 4.90 Å². The fourth-order valence-electron chi connectivity index (χ4n) is 15.5. The number of morpholine rings is 1. The van der Waals surface area contributed by atoms with Gasteiger partial charge in [-0.05, 0) is 307 Å². The molecule has 19 rings (SSSR count). The van der Waals surface area contributed by atoms with Crippen LogP contribution in [0.5, 0.6) is 0 Å². The lowest BCUT2D eigenvalue weighted by molar-refractivity contribution is -0.137. The van der Waals surface area contributed by atoms with Crippen LogP contribution in [0.15, 0.2) is 172 Å². The Morgan fingerprint density at radius 3 is 1.50 bits per heavy atom. The molecule has 4 fully saturated rings. The number of aldehydes is 1. The lowest BCUT2D eigenvalue weighted by Gasteiger charge is -2.29. The van der Waals surface area contributed by atoms with Gasteiger partial charge in [0.25, 0.3) is 0 Å². The summed E-state index contributed by atoms with van der Waals surface area (Å²) in [7, 11) is 0. The number of nitrogens with zero attached hydrogens (tertiary/aromatic N) is 1. The second-order valence-electron chi connectivity index (χ2n) is 29.4. The third-order valence-corrected chi connectivity index (χ3v) is 33.9. The Labute approximate surface area is 822 Å². The molecule has 8 aliphatic rings. The molecule has 10 heterocycles. The van der Waals surface area contributed by atoms with E-state index in [1.807, 2.05) is 138 Å². The summed E-state index contributed by atoms with van der Waals surface area (Å²) >= 11 is 31.7. The number of carboxylic acid groups (broad SMARTS) is 2. The first-order chi connectivity index (χ1) is 57.2. The van der Waals surface area contributed by atoms with Gasteiger partial charge >= 0.3 is 11.9 Å². The average molecular weight is 2240 g/mol. The second kappa shape index (κ2) is 46.4. The molecule has 127 heavy (non-hydrogen) atoms. The largest absolute Gasteiger partial charge is 0.481 e. The molecule has 3 aliphatic heterocycles. The van der Waals surface area contributed by atoms with Gasteiger partial charge in [-0.2, -0.15) is 0 Å². The van der Waals surface area contributed by atoms with Crippen LogP contribution in [0.1, 0.15) is 216 Å². The molecule has 1 saturated carbocycles. The maximum Gasteiger partial charge on any atom is 0.328 e. The number of hydrogen-bond donors (Lipinski definition) is 2. The Bertz CT molecular complexity index is 5890. The van der Waals surface area contributed by atoms with E-state index in [1.165, 1.54) is 73.7 Å². The standard InChI is InChI=1S/C30H23Br2NO6S.C15H8Br2O3S.C15H12Br2OS.C8H10O2S.C8H8O2S.C8H8OS.C6H6OS.5CH4.B.FH.H2/c1-14-12-18-27(40-14)29(37)30(28(18)36)23-22(26(39-30)16-4-7-19(31)20(32)13-16)24(34)21(25(23)35)15-2-5-17(6-3-15)33-8-10-38-11-9-33;1-6-4-8-11(21-6)13(19)15(12(8)18)14(20-15)7-2-3-9(16)10(17)5-7;1-8-4-11-14(19-8)7-10(15(11)18)5-9-2-3-12(16)13(17)6-9;2*1-6-2-3-7(11-6)4-5-8(9)10;1-5-4-6-7(9)2-3-8(6)10-5;1-5-2-3-6(4-7)8-5;;;;;;;;/h2-7,12-13,21-23,26H,8-11H2,1H3;2-5,14H,1H3;2-4,6,10H,5,7H2,1H3;2-3H,4-5H2,1H3,(H,9,10);2-5H,1H3,(H,9,10);4H,2-3H2,1H3;2-4H,1H3;5*1H4;;2*1H/b;;;;5-4+;;;;;;;;;;/t21?,22?,23-,26-,30?;;;;;;;;;;;;;;/m0............../s1/i;;;;;;;;;;;;;;1+1. The quantitative estimate of drug-likeness (QED) is 0.0378. The van der Waals surface area contributed by atoms with Crippen LogP contribution in [0.3, 0.4) is 0 Å². The zero-order chi connectivity index (χ0) is 86.1. The summed E-state index contributed by atoms with van der Waals surface area (Å²) in [4.78, 5) is 152. The second-order valence-corrected chi connectivity index (χ2v) is 43.8. The van der Waals surface area contributed by atoms with Crippen LogP contribution in [0, 0.1) is 66.2 Å². The van der Waals surface area contributed by atoms with E-state index in [4.69, 9.17) is 24.4 Å². The molecular formula is C95H98BBr6FNO16S7. The van der Waals surface area contributed by atoms with Gasteiger partial charge < -0.3 is 29.3 Å². The molecule has 0 bridgehead atoms. The number of Topliss-reactive ketones (excluding diaryl/α,β-unsaturated/α-hetero) is 8. The lowest BCUT2D eigenvalue weighted by atomic mass is 9.77. The van der Waals surface area contributed by atoms with Crippen LogP contribution in [0.25, 0.3) is 6.08 Å². The Kier molecular flexibility index (Phi) is 39.8. The number of benzene rings is 4. The van der Waals surface area contributed by atoms with E-state index < -0.39 is 70.5 Å². The summed E-state index contributed by atoms with van der Waals surface area (Å²) in [5.41, 5.74) is 3.63. The highest BCUT2D eigenvalue weighted by Crippen LogP contribution is 2.62. The normalized spacial score (nSPS) is 20.0. The first-order valence-corrected chi connectivity index (χ1v) is 48.3. The van der Waals surface area contributed by atoms with E-state index in [0.29, 0.717) is 57.6 Å². The van der Waals surface area contributed by atoms with E-state index in [1.54, 1.807) is 75.7 Å². The Balaban J connectivity index is 0.000000283. The van der Waals surface area contributed by atoms with Crippen molar-refractivity contribution >= 4 is 260 Å². The number of halogens is 7. The van der Waals surface area contributed by atoms with E-state index in [0.717, 1.165) is 125 Å². The van der Waals surface area contributed by atoms with Crippen LogP contribution in [0.2, 0.25) is 0 Å². The number of hydrogen-bond acceptors (Lipinski definition) is 22. The summed E-state index contributed by atoms with van der Waals surface area (Å²) < 4.78 is 22.9. The number of thiophene rings is 7. The van der Waals surface area contributed by atoms with Gasteiger partial charge in [-0.1, -0.05) is 67.5 Å².